The Balaban J connectivity index is 1.95. The third-order valence-electron chi connectivity index (χ3n) is 3.82. The summed E-state index contributed by atoms with van der Waals surface area (Å²) >= 11 is 0. The zero-order valence-corrected chi connectivity index (χ0v) is 14.6. The summed E-state index contributed by atoms with van der Waals surface area (Å²) in [5.74, 6) is 1.03. The minimum Gasteiger partial charge on any atom is -0.493 e. The highest BCUT2D eigenvalue weighted by Crippen LogP contribution is 2.26. The first-order chi connectivity index (χ1) is 12.2. The third kappa shape index (κ3) is 3.28. The van der Waals surface area contributed by atoms with Crippen LogP contribution in [0.25, 0.3) is 5.65 Å². The Hall–Kier alpha value is -3.02. The molecular weight excluding hydrogens is 318 g/mol. The molecule has 0 unspecified atom stereocenters. The van der Waals surface area contributed by atoms with Crippen LogP contribution in [0.2, 0.25) is 0 Å². The first-order valence-corrected chi connectivity index (χ1v) is 8.20. The smallest absolute Gasteiger partial charge is 0.274 e. The molecule has 2 aromatic heterocycles. The van der Waals surface area contributed by atoms with Gasteiger partial charge in [-0.15, -0.1) is 0 Å². The highest BCUT2D eigenvalue weighted by atomic mass is 16.5. The van der Waals surface area contributed by atoms with Gasteiger partial charge in [0.05, 0.1) is 25.1 Å². The number of nitrogens with one attached hydrogen (secondary N) is 1. The SMILES string of the molecule is CCCOc1ccccc1NC(=O)c1c(C)nc2c(OC)cccn12. The lowest BCUT2D eigenvalue weighted by atomic mass is 10.2. The van der Waals surface area contributed by atoms with E-state index >= 15 is 0 Å². The molecule has 0 saturated carbocycles. The van der Waals surface area contributed by atoms with Crippen molar-refractivity contribution in [3.63, 3.8) is 0 Å². The fourth-order valence-electron chi connectivity index (χ4n) is 2.68. The van der Waals surface area contributed by atoms with Gasteiger partial charge in [0.15, 0.2) is 11.4 Å². The van der Waals surface area contributed by atoms with Gasteiger partial charge in [0.1, 0.15) is 11.4 Å². The monoisotopic (exact) mass is 339 g/mol. The molecule has 130 valence electrons. The highest BCUT2D eigenvalue weighted by molar-refractivity contribution is 6.05. The Morgan fingerprint density at radius 1 is 1.20 bits per heavy atom. The van der Waals surface area contributed by atoms with Crippen molar-refractivity contribution in [2.45, 2.75) is 20.3 Å². The maximum Gasteiger partial charge on any atom is 0.274 e. The molecule has 6 heteroatoms. The van der Waals surface area contributed by atoms with Crippen LogP contribution in [0.15, 0.2) is 42.6 Å². The van der Waals surface area contributed by atoms with Gasteiger partial charge in [-0.3, -0.25) is 9.20 Å². The van der Waals surface area contributed by atoms with Crippen LogP contribution in [-0.2, 0) is 0 Å². The molecule has 0 saturated heterocycles. The highest BCUT2D eigenvalue weighted by Gasteiger charge is 2.19. The Bertz CT molecular complexity index is 902. The normalized spacial score (nSPS) is 10.7. The molecule has 1 N–H and O–H groups in total. The van der Waals surface area contributed by atoms with Crippen LogP contribution in [0.5, 0.6) is 11.5 Å². The van der Waals surface area contributed by atoms with Crippen LogP contribution < -0.4 is 14.8 Å². The molecule has 1 amide bonds. The number of ether oxygens (including phenoxy) is 2. The van der Waals surface area contributed by atoms with Crippen molar-refractivity contribution in [2.24, 2.45) is 0 Å². The lowest BCUT2D eigenvalue weighted by Gasteiger charge is -2.12. The van der Waals surface area contributed by atoms with E-state index < -0.39 is 0 Å². The molecule has 0 bridgehead atoms. The van der Waals surface area contributed by atoms with Crippen LogP contribution >= 0.6 is 0 Å². The molecule has 0 radical (unpaired) electrons. The Morgan fingerprint density at radius 3 is 2.72 bits per heavy atom. The number of rotatable bonds is 6. The van der Waals surface area contributed by atoms with Crippen LogP contribution in [0.1, 0.15) is 29.5 Å². The van der Waals surface area contributed by atoms with E-state index in [1.165, 1.54) is 0 Å². The number of carbonyl (C=O) groups is 1. The van der Waals surface area contributed by atoms with Gasteiger partial charge in [-0.25, -0.2) is 4.98 Å². The lowest BCUT2D eigenvalue weighted by molar-refractivity contribution is 0.102. The third-order valence-corrected chi connectivity index (χ3v) is 3.82. The molecule has 2 heterocycles. The number of nitrogens with zero attached hydrogens (tertiary/aromatic N) is 2. The predicted molar refractivity (Wildman–Crippen MR) is 96.7 cm³/mol. The molecule has 25 heavy (non-hydrogen) atoms. The van der Waals surface area contributed by atoms with E-state index in [1.807, 2.05) is 43.3 Å². The molecule has 3 aromatic rings. The number of anilines is 1. The van der Waals surface area contributed by atoms with Crippen molar-refractivity contribution in [3.8, 4) is 11.5 Å². The number of aromatic nitrogens is 2. The number of aryl methyl sites for hydroxylation is 1. The first kappa shape index (κ1) is 16.8. The number of hydrogen-bond donors (Lipinski definition) is 1. The average Bonchev–Trinajstić information content (AvgIpc) is 2.96. The molecule has 0 aliphatic rings. The van der Waals surface area contributed by atoms with Crippen molar-refractivity contribution in [1.29, 1.82) is 0 Å². The minimum atomic E-state index is -0.245. The van der Waals surface area contributed by atoms with Crippen LogP contribution in [0.3, 0.4) is 0 Å². The summed E-state index contributed by atoms with van der Waals surface area (Å²) < 4.78 is 12.8. The van der Waals surface area contributed by atoms with Gasteiger partial charge in [0, 0.05) is 6.20 Å². The summed E-state index contributed by atoms with van der Waals surface area (Å²) in [6, 6.07) is 11.0. The van der Waals surface area contributed by atoms with Crippen molar-refractivity contribution in [1.82, 2.24) is 9.38 Å². The summed E-state index contributed by atoms with van der Waals surface area (Å²) in [7, 11) is 1.58. The van der Waals surface area contributed by atoms with E-state index in [1.54, 1.807) is 24.6 Å². The zero-order chi connectivity index (χ0) is 17.8. The van der Waals surface area contributed by atoms with Gasteiger partial charge in [0.2, 0.25) is 0 Å². The van der Waals surface area contributed by atoms with Crippen molar-refractivity contribution in [2.75, 3.05) is 19.0 Å². The second kappa shape index (κ2) is 7.25. The van der Waals surface area contributed by atoms with Crippen LogP contribution in [0.4, 0.5) is 5.69 Å². The molecule has 0 fully saturated rings. The minimum absolute atomic E-state index is 0.245. The number of methoxy groups -OCH3 is 1. The molecule has 0 spiro atoms. The van der Waals surface area contributed by atoms with E-state index in [4.69, 9.17) is 9.47 Å². The second-order valence-electron chi connectivity index (χ2n) is 5.61. The predicted octanol–water partition coefficient (Wildman–Crippen LogP) is 3.69. The molecule has 1 aromatic carbocycles. The van der Waals surface area contributed by atoms with Gasteiger partial charge in [-0.05, 0) is 37.6 Å². The van der Waals surface area contributed by atoms with E-state index in [-0.39, 0.29) is 5.91 Å². The van der Waals surface area contributed by atoms with Gasteiger partial charge >= 0.3 is 0 Å². The van der Waals surface area contributed by atoms with Gasteiger partial charge in [-0.2, -0.15) is 0 Å². The Kier molecular flexibility index (Phi) is 4.88. The summed E-state index contributed by atoms with van der Waals surface area (Å²) in [5.41, 5.74) is 2.36. The molecule has 0 aliphatic carbocycles. The molecular formula is C19H21N3O3. The standard InChI is InChI=1S/C19H21N3O3/c1-4-12-25-15-9-6-5-8-14(15)21-19(23)17-13(2)20-18-16(24-3)10-7-11-22(17)18/h5-11H,4,12H2,1-3H3,(H,21,23). The summed E-state index contributed by atoms with van der Waals surface area (Å²) in [5, 5.41) is 2.93. The average molecular weight is 339 g/mol. The van der Waals surface area contributed by atoms with Crippen LogP contribution in [-0.4, -0.2) is 29.0 Å². The van der Waals surface area contributed by atoms with Gasteiger partial charge in [0.25, 0.3) is 5.91 Å². The van der Waals surface area contributed by atoms with E-state index in [2.05, 4.69) is 10.3 Å². The fourth-order valence-corrected chi connectivity index (χ4v) is 2.68. The van der Waals surface area contributed by atoms with Crippen molar-refractivity contribution >= 4 is 17.2 Å². The summed E-state index contributed by atoms with van der Waals surface area (Å²) in [6.45, 7) is 4.44. The summed E-state index contributed by atoms with van der Waals surface area (Å²) in [6.07, 6.45) is 2.70. The van der Waals surface area contributed by atoms with E-state index in [9.17, 15) is 4.79 Å². The van der Waals surface area contributed by atoms with E-state index in [0.29, 0.717) is 40.8 Å². The topological polar surface area (TPSA) is 64.9 Å². The quantitative estimate of drug-likeness (QED) is 0.744. The number of carbonyl (C=O) groups excluding carboxylic acids is 1. The maximum atomic E-state index is 12.9. The molecule has 6 nitrogen and oxygen atoms in total. The fraction of sp³-hybridized carbons (Fsp3) is 0.263. The molecule has 0 aliphatic heterocycles. The van der Waals surface area contributed by atoms with Crippen LogP contribution in [0, 0.1) is 6.92 Å². The Labute approximate surface area is 146 Å². The maximum absolute atomic E-state index is 12.9. The molecule has 0 atom stereocenters. The Morgan fingerprint density at radius 2 is 1.96 bits per heavy atom. The summed E-state index contributed by atoms with van der Waals surface area (Å²) in [4.78, 5) is 17.3. The zero-order valence-electron chi connectivity index (χ0n) is 14.6. The first-order valence-electron chi connectivity index (χ1n) is 8.20. The molecule has 3 rings (SSSR count). The number of imidazole rings is 1. The number of pyridine rings is 1. The van der Waals surface area contributed by atoms with Gasteiger partial charge in [-0.1, -0.05) is 19.1 Å². The van der Waals surface area contributed by atoms with E-state index in [0.717, 1.165) is 6.42 Å². The lowest BCUT2D eigenvalue weighted by Crippen LogP contribution is -2.16. The number of benzene rings is 1. The largest absolute Gasteiger partial charge is 0.493 e. The van der Waals surface area contributed by atoms with Gasteiger partial charge < -0.3 is 14.8 Å². The van der Waals surface area contributed by atoms with Crippen molar-refractivity contribution < 1.29 is 14.3 Å². The number of amides is 1. The second-order valence-corrected chi connectivity index (χ2v) is 5.61. The number of hydrogen-bond acceptors (Lipinski definition) is 4. The number of fused-ring (bicyclic) bond motifs is 1. The van der Waals surface area contributed by atoms with Crippen molar-refractivity contribution in [3.05, 3.63) is 54.0 Å². The number of para-hydroxylation sites is 2.